The van der Waals surface area contributed by atoms with E-state index in [1.807, 2.05) is 12.1 Å². The van der Waals surface area contributed by atoms with Gasteiger partial charge in [-0.3, -0.25) is 4.79 Å². The number of benzene rings is 2. The fraction of sp³-hybridized carbons (Fsp3) is 0.0625. The second kappa shape index (κ2) is 7.51. The third-order valence-corrected chi connectivity index (χ3v) is 3.57. The van der Waals surface area contributed by atoms with Crippen molar-refractivity contribution < 1.29 is 4.79 Å². The zero-order chi connectivity index (χ0) is 15.2. The largest absolute Gasteiger partial charge is 0.348 e. The summed E-state index contributed by atoms with van der Waals surface area (Å²) in [5.74, 6) is -0.198. The molecular formula is C16H12Cl3NO. The highest BCUT2D eigenvalue weighted by Crippen LogP contribution is 2.21. The number of hydrogen-bond acceptors (Lipinski definition) is 1. The normalized spacial score (nSPS) is 10.8. The Balaban J connectivity index is 1.92. The van der Waals surface area contributed by atoms with Gasteiger partial charge in [-0.05, 0) is 41.5 Å². The van der Waals surface area contributed by atoms with Crippen LogP contribution in [0.5, 0.6) is 0 Å². The van der Waals surface area contributed by atoms with Gasteiger partial charge < -0.3 is 5.32 Å². The van der Waals surface area contributed by atoms with E-state index in [0.29, 0.717) is 21.6 Å². The molecule has 1 N–H and O–H groups in total. The molecule has 2 rings (SSSR count). The fourth-order valence-electron chi connectivity index (χ4n) is 1.65. The molecule has 0 spiro atoms. The molecule has 0 radical (unpaired) electrons. The van der Waals surface area contributed by atoms with Crippen LogP contribution in [-0.2, 0) is 11.3 Å². The second-order valence-corrected chi connectivity index (χ2v) is 5.62. The lowest BCUT2D eigenvalue weighted by atomic mass is 10.2. The molecule has 0 aliphatic heterocycles. The van der Waals surface area contributed by atoms with Crippen LogP contribution in [0.25, 0.3) is 6.08 Å². The van der Waals surface area contributed by atoms with Crippen LogP contribution in [0, 0.1) is 0 Å². The van der Waals surface area contributed by atoms with Crippen molar-refractivity contribution in [2.45, 2.75) is 6.54 Å². The van der Waals surface area contributed by atoms with Crippen molar-refractivity contribution in [3.05, 3.63) is 74.7 Å². The molecule has 0 aromatic heterocycles. The first-order valence-corrected chi connectivity index (χ1v) is 7.33. The summed E-state index contributed by atoms with van der Waals surface area (Å²) in [6.07, 6.45) is 3.08. The van der Waals surface area contributed by atoms with Crippen molar-refractivity contribution in [1.82, 2.24) is 5.32 Å². The molecule has 0 aliphatic carbocycles. The van der Waals surface area contributed by atoms with Crippen LogP contribution >= 0.6 is 34.8 Å². The number of nitrogens with one attached hydrogen (secondary N) is 1. The highest BCUT2D eigenvalue weighted by atomic mass is 35.5. The molecule has 21 heavy (non-hydrogen) atoms. The van der Waals surface area contributed by atoms with Crippen molar-refractivity contribution in [1.29, 1.82) is 0 Å². The van der Waals surface area contributed by atoms with Crippen molar-refractivity contribution in [3.8, 4) is 0 Å². The van der Waals surface area contributed by atoms with Crippen LogP contribution in [0.2, 0.25) is 15.1 Å². The minimum atomic E-state index is -0.198. The van der Waals surface area contributed by atoms with Gasteiger partial charge in [-0.25, -0.2) is 0 Å². The Morgan fingerprint density at radius 1 is 1.00 bits per heavy atom. The summed E-state index contributed by atoms with van der Waals surface area (Å²) in [6, 6.07) is 12.4. The zero-order valence-electron chi connectivity index (χ0n) is 10.9. The molecule has 2 aromatic rings. The first-order chi connectivity index (χ1) is 10.0. The molecule has 0 fully saturated rings. The van der Waals surface area contributed by atoms with E-state index < -0.39 is 0 Å². The first kappa shape index (κ1) is 15.9. The highest BCUT2D eigenvalue weighted by Gasteiger charge is 2.00. The summed E-state index contributed by atoms with van der Waals surface area (Å²) < 4.78 is 0. The minimum absolute atomic E-state index is 0.198. The molecule has 0 heterocycles. The van der Waals surface area contributed by atoms with Crippen LogP contribution in [0.4, 0.5) is 0 Å². The van der Waals surface area contributed by atoms with Gasteiger partial charge in [0, 0.05) is 27.7 Å². The van der Waals surface area contributed by atoms with Crippen molar-refractivity contribution in [2.24, 2.45) is 0 Å². The maximum Gasteiger partial charge on any atom is 0.244 e. The number of hydrogen-bond donors (Lipinski definition) is 1. The number of carbonyl (C=O) groups is 1. The lowest BCUT2D eigenvalue weighted by Gasteiger charge is -2.03. The predicted octanol–water partition coefficient (Wildman–Crippen LogP) is 4.98. The zero-order valence-corrected chi connectivity index (χ0v) is 13.2. The Kier molecular flexibility index (Phi) is 5.68. The molecule has 0 unspecified atom stereocenters. The topological polar surface area (TPSA) is 29.1 Å². The van der Waals surface area contributed by atoms with Gasteiger partial charge in [0.15, 0.2) is 0 Å². The maximum atomic E-state index is 11.7. The molecular weight excluding hydrogens is 329 g/mol. The van der Waals surface area contributed by atoms with E-state index in [2.05, 4.69) is 5.32 Å². The van der Waals surface area contributed by atoms with E-state index in [1.54, 1.807) is 36.4 Å². The second-order valence-electron chi connectivity index (χ2n) is 4.34. The van der Waals surface area contributed by atoms with Gasteiger partial charge in [-0.15, -0.1) is 0 Å². The molecule has 2 nitrogen and oxygen atoms in total. The van der Waals surface area contributed by atoms with E-state index in [9.17, 15) is 4.79 Å². The van der Waals surface area contributed by atoms with Crippen LogP contribution in [-0.4, -0.2) is 5.91 Å². The van der Waals surface area contributed by atoms with Crippen molar-refractivity contribution in [2.75, 3.05) is 0 Å². The molecule has 2 aromatic carbocycles. The summed E-state index contributed by atoms with van der Waals surface area (Å²) >= 11 is 17.6. The average molecular weight is 341 g/mol. The van der Waals surface area contributed by atoms with Crippen molar-refractivity contribution in [3.63, 3.8) is 0 Å². The van der Waals surface area contributed by atoms with Crippen LogP contribution in [0.15, 0.2) is 48.5 Å². The molecule has 0 aliphatic rings. The van der Waals surface area contributed by atoms with Gasteiger partial charge in [0.2, 0.25) is 5.91 Å². The van der Waals surface area contributed by atoms with Gasteiger partial charge in [0.25, 0.3) is 0 Å². The number of carbonyl (C=O) groups excluding carboxylic acids is 1. The standard InChI is InChI=1S/C16H12Cl3NO/c17-13-5-1-11(2-6-13)10-20-16(21)8-4-12-3-7-14(18)9-15(12)19/h1-9H,10H2,(H,20,21). The van der Waals surface area contributed by atoms with Crippen LogP contribution in [0.3, 0.4) is 0 Å². The number of amides is 1. The summed E-state index contributed by atoms with van der Waals surface area (Å²) in [5, 5.41) is 4.51. The molecule has 0 atom stereocenters. The Bertz CT molecular complexity index is 666. The molecule has 0 saturated carbocycles. The summed E-state index contributed by atoms with van der Waals surface area (Å²) in [6.45, 7) is 0.439. The van der Waals surface area contributed by atoms with Gasteiger partial charge in [0.05, 0.1) is 0 Å². The van der Waals surface area contributed by atoms with Gasteiger partial charge in [0.1, 0.15) is 0 Å². The molecule has 0 saturated heterocycles. The van der Waals surface area contributed by atoms with E-state index in [1.165, 1.54) is 6.08 Å². The average Bonchev–Trinajstić information content (AvgIpc) is 2.46. The number of halogens is 3. The summed E-state index contributed by atoms with van der Waals surface area (Å²) in [5.41, 5.74) is 1.72. The third kappa shape index (κ3) is 5.09. The van der Waals surface area contributed by atoms with E-state index in [4.69, 9.17) is 34.8 Å². The van der Waals surface area contributed by atoms with Gasteiger partial charge in [-0.1, -0.05) is 53.0 Å². The Morgan fingerprint density at radius 2 is 1.67 bits per heavy atom. The summed E-state index contributed by atoms with van der Waals surface area (Å²) in [4.78, 5) is 11.7. The van der Waals surface area contributed by atoms with E-state index in [0.717, 1.165) is 11.1 Å². The smallest absolute Gasteiger partial charge is 0.244 e. The van der Waals surface area contributed by atoms with E-state index >= 15 is 0 Å². The minimum Gasteiger partial charge on any atom is -0.348 e. The summed E-state index contributed by atoms with van der Waals surface area (Å²) in [7, 11) is 0. The van der Waals surface area contributed by atoms with Crippen LogP contribution in [0.1, 0.15) is 11.1 Å². The maximum absolute atomic E-state index is 11.7. The third-order valence-electron chi connectivity index (χ3n) is 2.76. The van der Waals surface area contributed by atoms with Crippen LogP contribution < -0.4 is 5.32 Å². The highest BCUT2D eigenvalue weighted by molar-refractivity contribution is 6.35. The molecule has 1 amide bonds. The number of rotatable bonds is 4. The molecule has 0 bridgehead atoms. The predicted molar refractivity (Wildman–Crippen MR) is 88.8 cm³/mol. The van der Waals surface area contributed by atoms with Gasteiger partial charge in [-0.2, -0.15) is 0 Å². The van der Waals surface area contributed by atoms with E-state index in [-0.39, 0.29) is 5.91 Å². The Morgan fingerprint density at radius 3 is 2.33 bits per heavy atom. The lowest BCUT2D eigenvalue weighted by Crippen LogP contribution is -2.20. The molecule has 108 valence electrons. The molecule has 5 heteroatoms. The monoisotopic (exact) mass is 339 g/mol. The fourth-order valence-corrected chi connectivity index (χ4v) is 2.25. The van der Waals surface area contributed by atoms with Crippen molar-refractivity contribution >= 4 is 46.8 Å². The van der Waals surface area contributed by atoms with Gasteiger partial charge >= 0.3 is 0 Å². The Hall–Kier alpha value is -1.48. The lowest BCUT2D eigenvalue weighted by molar-refractivity contribution is -0.116. The SMILES string of the molecule is O=C(C=Cc1ccc(Cl)cc1Cl)NCc1ccc(Cl)cc1. The Labute approximate surface area is 138 Å². The quantitative estimate of drug-likeness (QED) is 0.782. The first-order valence-electron chi connectivity index (χ1n) is 6.20.